The van der Waals surface area contributed by atoms with Gasteiger partial charge < -0.3 is 20.3 Å². The van der Waals surface area contributed by atoms with Crippen LogP contribution in [-0.4, -0.2) is 68.1 Å². The largest absolute Gasteiger partial charge is 0.457 e. The molecule has 0 spiro atoms. The van der Waals surface area contributed by atoms with Crippen molar-refractivity contribution >= 4 is 27.9 Å². The van der Waals surface area contributed by atoms with E-state index in [0.29, 0.717) is 54.4 Å². The first-order chi connectivity index (χ1) is 19.6. The number of hydrogen-bond donors (Lipinski definition) is 4. The molecule has 0 aliphatic carbocycles. The molecule has 1 heterocycles. The molecule has 0 aromatic heterocycles. The normalized spacial score (nSPS) is 14.4. The number of ether oxygens (including phenoxy) is 1. The second-order valence-electron chi connectivity index (χ2n) is 9.71. The Balaban J connectivity index is 1.46. The molecular weight excluding hydrogens is 544 g/mol. The summed E-state index contributed by atoms with van der Waals surface area (Å²) >= 11 is 0. The van der Waals surface area contributed by atoms with Crippen molar-refractivity contribution in [2.45, 2.75) is 25.9 Å². The summed E-state index contributed by atoms with van der Waals surface area (Å²) in [5.41, 5.74) is 7.41. The van der Waals surface area contributed by atoms with Crippen LogP contribution in [0.15, 0.2) is 78.9 Å². The van der Waals surface area contributed by atoms with E-state index in [1.54, 1.807) is 58.3 Å². The minimum absolute atomic E-state index is 0.0284. The highest BCUT2D eigenvalue weighted by Crippen LogP contribution is 2.22. The van der Waals surface area contributed by atoms with E-state index in [9.17, 15) is 18.0 Å². The maximum Gasteiger partial charge on any atom is 0.277 e. The molecular formula is C29H34N6O5S. The topological polar surface area (TPSA) is 158 Å². The molecule has 5 N–H and O–H groups in total. The lowest BCUT2D eigenvalue weighted by Gasteiger charge is -2.36. The summed E-state index contributed by atoms with van der Waals surface area (Å²) in [5, 5.41) is 7.71. The Labute approximate surface area is 240 Å². The minimum atomic E-state index is -4.12. The number of carbonyl (C=O) groups is 2. The van der Waals surface area contributed by atoms with E-state index in [1.807, 2.05) is 30.3 Å². The molecule has 1 aliphatic heterocycles. The van der Waals surface area contributed by atoms with Gasteiger partial charge in [-0.1, -0.05) is 48.5 Å². The van der Waals surface area contributed by atoms with Crippen LogP contribution >= 0.6 is 0 Å². The van der Waals surface area contributed by atoms with E-state index in [2.05, 4.69) is 9.44 Å². The zero-order chi connectivity index (χ0) is 29.4. The van der Waals surface area contributed by atoms with Gasteiger partial charge in [0.15, 0.2) is 0 Å². The summed E-state index contributed by atoms with van der Waals surface area (Å²) in [4.78, 5) is 28.5. The van der Waals surface area contributed by atoms with Gasteiger partial charge in [-0.3, -0.25) is 15.0 Å². The van der Waals surface area contributed by atoms with Crippen LogP contribution in [-0.2, 0) is 32.8 Å². The summed E-state index contributed by atoms with van der Waals surface area (Å²) < 4.78 is 37.2. The second kappa shape index (κ2) is 13.4. The number of carbonyl (C=O) groups excluding carboxylic acids is 2. The van der Waals surface area contributed by atoms with Crippen LogP contribution in [0.2, 0.25) is 0 Å². The maximum absolute atomic E-state index is 13.6. The number of nitrogen functional groups attached to an aromatic ring is 1. The van der Waals surface area contributed by atoms with Crippen molar-refractivity contribution < 1.29 is 22.7 Å². The number of nitrogens with zero attached hydrogens (tertiary/aromatic N) is 2. The van der Waals surface area contributed by atoms with E-state index in [4.69, 9.17) is 15.9 Å². The number of amidine groups is 1. The molecule has 1 atom stereocenters. The SMILES string of the molecule is CC(=O)N1CCN(C(=O)C(Cc2cccc(C(=N)N)c2)NS(=O)(=O)NCc2cccc(Oc3ccccc3)c2)CC1. The lowest BCUT2D eigenvalue weighted by Crippen LogP contribution is -2.57. The van der Waals surface area contributed by atoms with Crippen LogP contribution in [0.4, 0.5) is 0 Å². The number of rotatable bonds is 11. The van der Waals surface area contributed by atoms with E-state index in [0.717, 1.165) is 0 Å². The Morgan fingerprint density at radius 2 is 1.54 bits per heavy atom. The third-order valence-corrected chi connectivity index (χ3v) is 7.77. The first kappa shape index (κ1) is 29.7. The van der Waals surface area contributed by atoms with Crippen LogP contribution in [0.1, 0.15) is 23.6 Å². The zero-order valence-electron chi connectivity index (χ0n) is 22.7. The van der Waals surface area contributed by atoms with Gasteiger partial charge in [-0.15, -0.1) is 0 Å². The molecule has 0 bridgehead atoms. The van der Waals surface area contributed by atoms with Gasteiger partial charge in [0.05, 0.1) is 0 Å². The van der Waals surface area contributed by atoms with Crippen molar-refractivity contribution in [3.8, 4) is 11.5 Å². The summed E-state index contributed by atoms with van der Waals surface area (Å²) in [6, 6.07) is 22.0. The lowest BCUT2D eigenvalue weighted by atomic mass is 10.0. The second-order valence-corrected chi connectivity index (χ2v) is 11.2. The number of amides is 2. The molecule has 216 valence electrons. The number of nitrogens with two attached hydrogens (primary N) is 1. The Morgan fingerprint density at radius 3 is 2.22 bits per heavy atom. The number of hydrogen-bond acceptors (Lipinski definition) is 6. The van der Waals surface area contributed by atoms with Crippen LogP contribution in [0.3, 0.4) is 0 Å². The number of nitrogens with one attached hydrogen (secondary N) is 3. The molecule has 1 fully saturated rings. The molecule has 1 aliphatic rings. The van der Waals surface area contributed by atoms with Crippen molar-refractivity contribution in [1.29, 1.82) is 5.41 Å². The third-order valence-electron chi connectivity index (χ3n) is 6.65. The fraction of sp³-hybridized carbons (Fsp3) is 0.276. The van der Waals surface area contributed by atoms with Gasteiger partial charge >= 0.3 is 0 Å². The fourth-order valence-electron chi connectivity index (χ4n) is 4.49. The Bertz CT molecular complexity index is 1490. The zero-order valence-corrected chi connectivity index (χ0v) is 23.6. The molecule has 1 saturated heterocycles. The van der Waals surface area contributed by atoms with Gasteiger partial charge in [0.2, 0.25) is 11.8 Å². The summed E-state index contributed by atoms with van der Waals surface area (Å²) in [6.45, 7) is 2.79. The highest BCUT2D eigenvalue weighted by atomic mass is 32.2. The van der Waals surface area contributed by atoms with Gasteiger partial charge in [-0.2, -0.15) is 17.9 Å². The highest BCUT2D eigenvalue weighted by Gasteiger charge is 2.31. The number of piperazine rings is 1. The van der Waals surface area contributed by atoms with Gasteiger partial charge in [-0.05, 0) is 47.9 Å². The van der Waals surface area contributed by atoms with E-state index in [-0.39, 0.29) is 24.7 Å². The van der Waals surface area contributed by atoms with Crippen LogP contribution < -0.4 is 19.9 Å². The number of benzene rings is 3. The van der Waals surface area contributed by atoms with E-state index < -0.39 is 22.2 Å². The predicted molar refractivity (Wildman–Crippen MR) is 156 cm³/mol. The molecule has 12 heteroatoms. The van der Waals surface area contributed by atoms with Crippen molar-refractivity contribution in [3.05, 3.63) is 95.6 Å². The molecule has 41 heavy (non-hydrogen) atoms. The van der Waals surface area contributed by atoms with Crippen LogP contribution in [0.25, 0.3) is 0 Å². The predicted octanol–water partition coefficient (Wildman–Crippen LogP) is 1.99. The Hall–Kier alpha value is -4.26. The molecule has 4 rings (SSSR count). The van der Waals surface area contributed by atoms with Gasteiger partial charge in [0.1, 0.15) is 23.4 Å². The summed E-state index contributed by atoms with van der Waals surface area (Å²) in [7, 11) is -4.12. The standard InChI is InChI=1S/C29H34N6O5S/c1-21(36)34-13-15-35(16-14-34)29(37)27(19-22-7-5-9-24(17-22)28(30)31)33-41(38,39)32-20-23-8-6-12-26(18-23)40-25-10-3-2-4-11-25/h2-12,17-18,27,32-33H,13-16,19-20H2,1H3,(H3,30,31). The lowest BCUT2D eigenvalue weighted by molar-refractivity contribution is -0.139. The van der Waals surface area contributed by atoms with Crippen molar-refractivity contribution in [3.63, 3.8) is 0 Å². The molecule has 0 saturated carbocycles. The van der Waals surface area contributed by atoms with Gasteiger partial charge in [0, 0.05) is 45.2 Å². The Kier molecular flexibility index (Phi) is 9.71. The molecule has 1 unspecified atom stereocenters. The first-order valence-corrected chi connectivity index (χ1v) is 14.6. The summed E-state index contributed by atoms with van der Waals surface area (Å²) in [5.74, 6) is 0.619. The highest BCUT2D eigenvalue weighted by molar-refractivity contribution is 7.87. The average Bonchev–Trinajstić information content (AvgIpc) is 2.96. The fourth-order valence-corrected chi connectivity index (χ4v) is 5.49. The quantitative estimate of drug-likeness (QED) is 0.201. The van der Waals surface area contributed by atoms with Crippen molar-refractivity contribution in [1.82, 2.24) is 19.2 Å². The van der Waals surface area contributed by atoms with Crippen LogP contribution in [0, 0.1) is 5.41 Å². The molecule has 11 nitrogen and oxygen atoms in total. The average molecular weight is 579 g/mol. The van der Waals surface area contributed by atoms with E-state index in [1.165, 1.54) is 6.92 Å². The van der Waals surface area contributed by atoms with Gasteiger partial charge in [-0.25, -0.2) is 0 Å². The van der Waals surface area contributed by atoms with E-state index >= 15 is 0 Å². The Morgan fingerprint density at radius 1 is 0.902 bits per heavy atom. The van der Waals surface area contributed by atoms with Crippen molar-refractivity contribution in [2.75, 3.05) is 26.2 Å². The smallest absolute Gasteiger partial charge is 0.277 e. The molecule has 3 aromatic rings. The maximum atomic E-state index is 13.6. The van der Waals surface area contributed by atoms with Crippen molar-refractivity contribution in [2.24, 2.45) is 5.73 Å². The third kappa shape index (κ3) is 8.61. The molecule has 0 radical (unpaired) electrons. The molecule has 2 amide bonds. The monoisotopic (exact) mass is 578 g/mol. The number of para-hydroxylation sites is 1. The van der Waals surface area contributed by atoms with Crippen LogP contribution in [0.5, 0.6) is 11.5 Å². The minimum Gasteiger partial charge on any atom is -0.457 e. The molecule has 3 aromatic carbocycles. The first-order valence-electron chi connectivity index (χ1n) is 13.2. The van der Waals surface area contributed by atoms with Gasteiger partial charge in [0.25, 0.3) is 10.2 Å². The summed E-state index contributed by atoms with van der Waals surface area (Å²) in [6.07, 6.45) is 0.0498.